The van der Waals surface area contributed by atoms with Crippen molar-refractivity contribution in [1.29, 1.82) is 0 Å². The summed E-state index contributed by atoms with van der Waals surface area (Å²) in [5, 5.41) is 0. The summed E-state index contributed by atoms with van der Waals surface area (Å²) in [6.45, 7) is 2.66. The van der Waals surface area contributed by atoms with E-state index in [2.05, 4.69) is 9.71 Å². The minimum absolute atomic E-state index is 0.105. The van der Waals surface area contributed by atoms with E-state index in [1.807, 2.05) is 6.92 Å². The number of nitrogens with zero attached hydrogens (tertiary/aromatic N) is 1. The van der Waals surface area contributed by atoms with Gasteiger partial charge in [0.15, 0.2) is 0 Å². The van der Waals surface area contributed by atoms with Crippen LogP contribution in [0.25, 0.3) is 0 Å². The molecule has 6 nitrogen and oxygen atoms in total. The highest BCUT2D eigenvalue weighted by Crippen LogP contribution is 2.24. The van der Waals surface area contributed by atoms with E-state index in [1.165, 1.54) is 18.5 Å². The maximum absolute atomic E-state index is 12.2. The molecular weight excluding hydrogens is 290 g/mol. The maximum atomic E-state index is 12.2. The molecule has 2 rings (SSSR count). The number of rotatable bonds is 6. The molecular formula is C14H17N3O3S. The maximum Gasteiger partial charge on any atom is 0.263 e. The summed E-state index contributed by atoms with van der Waals surface area (Å²) >= 11 is 0. The van der Waals surface area contributed by atoms with Gasteiger partial charge in [-0.25, -0.2) is 8.42 Å². The summed E-state index contributed by atoms with van der Waals surface area (Å²) in [5.41, 5.74) is 6.83. The second-order valence-corrected chi connectivity index (χ2v) is 5.94. The Balaban J connectivity index is 2.28. The SMILES string of the molecule is CCOc1ccc(NS(=O)(=O)c2cccnc2)cc1CN. The van der Waals surface area contributed by atoms with Crippen molar-refractivity contribution in [3.05, 3.63) is 48.3 Å². The van der Waals surface area contributed by atoms with Crippen molar-refractivity contribution in [3.8, 4) is 5.75 Å². The van der Waals surface area contributed by atoms with Crippen LogP contribution in [0.5, 0.6) is 5.75 Å². The van der Waals surface area contributed by atoms with Gasteiger partial charge in [-0.2, -0.15) is 0 Å². The van der Waals surface area contributed by atoms with Gasteiger partial charge in [0.05, 0.1) is 6.61 Å². The molecule has 0 aliphatic heterocycles. The second-order valence-electron chi connectivity index (χ2n) is 4.25. The number of ether oxygens (including phenoxy) is 1. The third-order valence-corrected chi connectivity index (χ3v) is 4.14. The van der Waals surface area contributed by atoms with E-state index < -0.39 is 10.0 Å². The van der Waals surface area contributed by atoms with Gasteiger partial charge in [0.2, 0.25) is 0 Å². The second kappa shape index (κ2) is 6.55. The highest BCUT2D eigenvalue weighted by atomic mass is 32.2. The van der Waals surface area contributed by atoms with Gasteiger partial charge in [-0.1, -0.05) is 0 Å². The predicted octanol–water partition coefficient (Wildman–Crippen LogP) is 1.74. The van der Waals surface area contributed by atoms with Crippen LogP contribution in [0.3, 0.4) is 0 Å². The van der Waals surface area contributed by atoms with E-state index in [-0.39, 0.29) is 11.4 Å². The smallest absolute Gasteiger partial charge is 0.263 e. The van der Waals surface area contributed by atoms with Crippen molar-refractivity contribution in [1.82, 2.24) is 4.98 Å². The van der Waals surface area contributed by atoms with E-state index >= 15 is 0 Å². The Kier molecular flexibility index (Phi) is 4.77. The summed E-state index contributed by atoms with van der Waals surface area (Å²) in [5.74, 6) is 0.657. The molecule has 0 saturated heterocycles. The number of aromatic nitrogens is 1. The molecule has 1 heterocycles. The molecule has 112 valence electrons. The van der Waals surface area contributed by atoms with Gasteiger partial charge in [-0.15, -0.1) is 0 Å². The molecule has 1 aromatic carbocycles. The molecule has 0 bridgehead atoms. The minimum Gasteiger partial charge on any atom is -0.494 e. The molecule has 7 heteroatoms. The van der Waals surface area contributed by atoms with Crippen LogP contribution in [-0.4, -0.2) is 20.0 Å². The molecule has 1 aromatic heterocycles. The van der Waals surface area contributed by atoms with Gasteiger partial charge in [0.1, 0.15) is 10.6 Å². The lowest BCUT2D eigenvalue weighted by atomic mass is 10.2. The van der Waals surface area contributed by atoms with E-state index in [9.17, 15) is 8.42 Å². The fraction of sp³-hybridized carbons (Fsp3) is 0.214. The van der Waals surface area contributed by atoms with Crippen LogP contribution < -0.4 is 15.2 Å². The molecule has 0 spiro atoms. The Hall–Kier alpha value is -2.12. The fourth-order valence-corrected chi connectivity index (χ4v) is 2.83. The molecule has 3 N–H and O–H groups in total. The molecule has 0 unspecified atom stereocenters. The first-order valence-electron chi connectivity index (χ1n) is 6.45. The lowest BCUT2D eigenvalue weighted by Gasteiger charge is -2.12. The molecule has 0 fully saturated rings. The Labute approximate surface area is 124 Å². The molecule has 0 aliphatic rings. The normalized spacial score (nSPS) is 11.1. The zero-order chi connectivity index (χ0) is 15.3. The first-order chi connectivity index (χ1) is 10.1. The lowest BCUT2D eigenvalue weighted by Crippen LogP contribution is -2.13. The van der Waals surface area contributed by atoms with Gasteiger partial charge in [0, 0.05) is 30.2 Å². The Morgan fingerprint density at radius 1 is 1.33 bits per heavy atom. The van der Waals surface area contributed by atoms with Crippen LogP contribution in [0, 0.1) is 0 Å². The van der Waals surface area contributed by atoms with Crippen LogP contribution in [0.15, 0.2) is 47.6 Å². The summed E-state index contributed by atoms with van der Waals surface area (Å²) in [6.07, 6.45) is 2.81. The Bertz CT molecular complexity index is 703. The van der Waals surface area contributed by atoms with Crippen LogP contribution >= 0.6 is 0 Å². The van der Waals surface area contributed by atoms with Crippen molar-refractivity contribution in [2.24, 2.45) is 5.73 Å². The van der Waals surface area contributed by atoms with E-state index in [1.54, 1.807) is 24.3 Å². The van der Waals surface area contributed by atoms with Crippen LogP contribution in [0.4, 0.5) is 5.69 Å². The number of nitrogens with one attached hydrogen (secondary N) is 1. The van der Waals surface area contributed by atoms with Crippen molar-refractivity contribution in [2.45, 2.75) is 18.4 Å². The molecule has 0 atom stereocenters. The minimum atomic E-state index is -3.66. The zero-order valence-corrected chi connectivity index (χ0v) is 12.4. The van der Waals surface area contributed by atoms with Crippen molar-refractivity contribution in [2.75, 3.05) is 11.3 Å². The van der Waals surface area contributed by atoms with Gasteiger partial charge in [-0.3, -0.25) is 9.71 Å². The largest absolute Gasteiger partial charge is 0.494 e. The van der Waals surface area contributed by atoms with Crippen molar-refractivity contribution in [3.63, 3.8) is 0 Å². The standard InChI is InChI=1S/C14H17N3O3S/c1-2-20-14-6-5-12(8-11(14)9-15)17-21(18,19)13-4-3-7-16-10-13/h3-8,10,17H,2,9,15H2,1H3. The molecule has 0 amide bonds. The highest BCUT2D eigenvalue weighted by molar-refractivity contribution is 7.92. The third kappa shape index (κ3) is 3.71. The van der Waals surface area contributed by atoms with E-state index in [4.69, 9.17) is 10.5 Å². The monoisotopic (exact) mass is 307 g/mol. The first-order valence-corrected chi connectivity index (χ1v) is 7.93. The van der Waals surface area contributed by atoms with Crippen LogP contribution in [0.2, 0.25) is 0 Å². The number of hydrogen-bond donors (Lipinski definition) is 2. The number of sulfonamides is 1. The highest BCUT2D eigenvalue weighted by Gasteiger charge is 2.15. The predicted molar refractivity (Wildman–Crippen MR) is 80.5 cm³/mol. The molecule has 0 aliphatic carbocycles. The molecule has 0 radical (unpaired) electrons. The van der Waals surface area contributed by atoms with Crippen LogP contribution in [-0.2, 0) is 16.6 Å². The number of benzene rings is 1. The van der Waals surface area contributed by atoms with Crippen molar-refractivity contribution >= 4 is 15.7 Å². The van der Waals surface area contributed by atoms with E-state index in [0.29, 0.717) is 18.0 Å². The Morgan fingerprint density at radius 2 is 2.14 bits per heavy atom. The third-order valence-electron chi connectivity index (χ3n) is 2.78. The van der Waals surface area contributed by atoms with Gasteiger partial charge < -0.3 is 10.5 Å². The zero-order valence-electron chi connectivity index (χ0n) is 11.6. The van der Waals surface area contributed by atoms with E-state index in [0.717, 1.165) is 5.56 Å². The number of pyridine rings is 1. The number of anilines is 1. The summed E-state index contributed by atoms with van der Waals surface area (Å²) in [7, 11) is -3.66. The number of hydrogen-bond acceptors (Lipinski definition) is 5. The average molecular weight is 307 g/mol. The molecule has 21 heavy (non-hydrogen) atoms. The molecule has 2 aromatic rings. The van der Waals surface area contributed by atoms with Gasteiger partial charge >= 0.3 is 0 Å². The topological polar surface area (TPSA) is 94.3 Å². The fourth-order valence-electron chi connectivity index (χ4n) is 1.82. The van der Waals surface area contributed by atoms with Crippen LogP contribution in [0.1, 0.15) is 12.5 Å². The average Bonchev–Trinajstić information content (AvgIpc) is 2.49. The first kappa shape index (κ1) is 15.3. The van der Waals surface area contributed by atoms with Gasteiger partial charge in [-0.05, 0) is 37.3 Å². The Morgan fingerprint density at radius 3 is 2.76 bits per heavy atom. The number of nitrogens with two attached hydrogens (primary N) is 1. The summed E-state index contributed by atoms with van der Waals surface area (Å²) in [4.78, 5) is 3.91. The quantitative estimate of drug-likeness (QED) is 0.847. The lowest BCUT2D eigenvalue weighted by molar-refractivity contribution is 0.336. The van der Waals surface area contributed by atoms with Crippen molar-refractivity contribution < 1.29 is 13.2 Å². The summed E-state index contributed by atoms with van der Waals surface area (Å²) < 4.78 is 32.3. The summed E-state index contributed by atoms with van der Waals surface area (Å²) in [6, 6.07) is 8.05. The van der Waals surface area contributed by atoms with Gasteiger partial charge in [0.25, 0.3) is 10.0 Å². The molecule has 0 saturated carbocycles.